The lowest BCUT2D eigenvalue weighted by Crippen LogP contribution is -2.12. The zero-order valence-electron chi connectivity index (χ0n) is 17.7. The fourth-order valence-corrected chi connectivity index (χ4v) is 3.23. The van der Waals surface area contributed by atoms with Gasteiger partial charge in [-0.2, -0.15) is 0 Å². The smallest absolute Gasteiger partial charge is 0.161 e. The molecule has 1 heterocycles. The molecule has 2 N–H and O–H groups in total. The van der Waals surface area contributed by atoms with E-state index in [9.17, 15) is 5.11 Å². The first-order valence-corrected chi connectivity index (χ1v) is 9.76. The van der Waals surface area contributed by atoms with Crippen molar-refractivity contribution in [3.05, 3.63) is 54.4 Å². The first-order chi connectivity index (χ1) is 14.6. The summed E-state index contributed by atoms with van der Waals surface area (Å²) in [5, 5.41) is 13.3. The predicted molar refractivity (Wildman–Crippen MR) is 117 cm³/mol. The molecule has 2 aromatic carbocycles. The summed E-state index contributed by atoms with van der Waals surface area (Å²) in [4.78, 5) is 9.04. The van der Waals surface area contributed by atoms with Gasteiger partial charge in [-0.25, -0.2) is 4.98 Å². The summed E-state index contributed by atoms with van der Waals surface area (Å²) >= 11 is 0. The molecule has 3 rings (SSSR count). The van der Waals surface area contributed by atoms with E-state index < -0.39 is 0 Å². The molecule has 7 nitrogen and oxygen atoms in total. The number of aromatic hydroxyl groups is 1. The summed E-state index contributed by atoms with van der Waals surface area (Å²) in [5.74, 6) is 2.60. The van der Waals surface area contributed by atoms with Gasteiger partial charge >= 0.3 is 0 Å². The number of phenolic OH excluding ortho intramolecular Hbond substituents is 1. The lowest BCUT2D eigenvalue weighted by atomic mass is 10.0. The maximum absolute atomic E-state index is 9.83. The SMILES string of the molecule is CCC[C@H](Nc1cncc(-c2ccc(O)c(OC)c2)n1)c1cc(OC)cc(OC)c1. The molecule has 0 fully saturated rings. The van der Waals surface area contributed by atoms with Crippen LogP contribution in [0, 0.1) is 0 Å². The highest BCUT2D eigenvalue weighted by atomic mass is 16.5. The average Bonchev–Trinajstić information content (AvgIpc) is 2.79. The second-order valence-corrected chi connectivity index (χ2v) is 6.81. The van der Waals surface area contributed by atoms with Gasteiger partial charge in [0.2, 0.25) is 0 Å². The van der Waals surface area contributed by atoms with Crippen LogP contribution in [0.15, 0.2) is 48.8 Å². The maximum Gasteiger partial charge on any atom is 0.161 e. The van der Waals surface area contributed by atoms with Crippen molar-refractivity contribution in [2.45, 2.75) is 25.8 Å². The molecule has 1 aromatic heterocycles. The Bertz CT molecular complexity index is 972. The molecule has 30 heavy (non-hydrogen) atoms. The maximum atomic E-state index is 9.83. The number of nitrogens with zero attached hydrogens (tertiary/aromatic N) is 2. The fraction of sp³-hybridized carbons (Fsp3) is 0.304. The Morgan fingerprint density at radius 1 is 0.967 bits per heavy atom. The van der Waals surface area contributed by atoms with Gasteiger partial charge in [-0.1, -0.05) is 13.3 Å². The third kappa shape index (κ3) is 4.92. The van der Waals surface area contributed by atoms with E-state index in [2.05, 4.69) is 17.2 Å². The number of aromatic nitrogens is 2. The summed E-state index contributed by atoms with van der Waals surface area (Å²) in [5.41, 5.74) is 2.53. The van der Waals surface area contributed by atoms with Crippen molar-refractivity contribution in [1.82, 2.24) is 9.97 Å². The van der Waals surface area contributed by atoms with E-state index in [0.29, 0.717) is 17.3 Å². The highest BCUT2D eigenvalue weighted by molar-refractivity contribution is 5.64. The van der Waals surface area contributed by atoms with Crippen molar-refractivity contribution < 1.29 is 19.3 Å². The minimum atomic E-state index is 0.0119. The zero-order chi connectivity index (χ0) is 21.5. The summed E-state index contributed by atoms with van der Waals surface area (Å²) in [6, 6.07) is 11.0. The van der Waals surface area contributed by atoms with E-state index in [1.807, 2.05) is 18.2 Å². The number of hydrogen-bond acceptors (Lipinski definition) is 7. The van der Waals surface area contributed by atoms with Crippen molar-refractivity contribution in [1.29, 1.82) is 0 Å². The number of phenols is 1. The van der Waals surface area contributed by atoms with Gasteiger partial charge in [0.05, 0.1) is 45.5 Å². The summed E-state index contributed by atoms with van der Waals surface area (Å²) < 4.78 is 16.0. The third-order valence-corrected chi connectivity index (χ3v) is 4.79. The van der Waals surface area contributed by atoms with Crippen LogP contribution in [0.3, 0.4) is 0 Å². The first-order valence-electron chi connectivity index (χ1n) is 9.76. The molecule has 0 bridgehead atoms. The molecule has 0 aliphatic heterocycles. The zero-order valence-corrected chi connectivity index (χ0v) is 17.7. The number of ether oxygens (including phenoxy) is 3. The number of anilines is 1. The van der Waals surface area contributed by atoms with Gasteiger partial charge < -0.3 is 24.6 Å². The second-order valence-electron chi connectivity index (χ2n) is 6.81. The van der Waals surface area contributed by atoms with Gasteiger partial charge in [-0.05, 0) is 42.3 Å². The van der Waals surface area contributed by atoms with Gasteiger partial charge in [0, 0.05) is 11.6 Å². The van der Waals surface area contributed by atoms with Crippen LogP contribution in [0.25, 0.3) is 11.3 Å². The van der Waals surface area contributed by atoms with E-state index in [0.717, 1.165) is 35.5 Å². The molecule has 3 aromatic rings. The van der Waals surface area contributed by atoms with Crippen molar-refractivity contribution in [3.8, 4) is 34.3 Å². The van der Waals surface area contributed by atoms with Crippen LogP contribution >= 0.6 is 0 Å². The standard InChI is InChI=1S/C23H27N3O4/c1-5-6-19(16-9-17(28-2)12-18(10-16)29-3)25-23-14-24-13-20(26-23)15-7-8-21(27)22(11-15)30-4/h7-14,19,27H,5-6H2,1-4H3,(H,25,26)/t19-/m0/s1. The molecule has 1 atom stereocenters. The molecule has 0 aliphatic rings. The van der Waals surface area contributed by atoms with Gasteiger partial charge in [0.25, 0.3) is 0 Å². The van der Waals surface area contributed by atoms with Crippen molar-refractivity contribution >= 4 is 5.82 Å². The topological polar surface area (TPSA) is 85.7 Å². The molecular formula is C23H27N3O4. The lowest BCUT2D eigenvalue weighted by molar-refractivity contribution is 0.373. The second kappa shape index (κ2) is 9.82. The van der Waals surface area contributed by atoms with E-state index in [1.165, 1.54) is 7.11 Å². The number of benzene rings is 2. The Labute approximate surface area is 176 Å². The molecule has 158 valence electrons. The molecule has 0 amide bonds. The van der Waals surface area contributed by atoms with E-state index in [4.69, 9.17) is 19.2 Å². The fourth-order valence-electron chi connectivity index (χ4n) is 3.23. The van der Waals surface area contributed by atoms with E-state index in [1.54, 1.807) is 44.8 Å². The van der Waals surface area contributed by atoms with Gasteiger partial charge in [0.1, 0.15) is 17.3 Å². The van der Waals surface area contributed by atoms with Crippen LogP contribution in [0.4, 0.5) is 5.82 Å². The minimum Gasteiger partial charge on any atom is -0.504 e. The third-order valence-electron chi connectivity index (χ3n) is 4.79. The predicted octanol–water partition coefficient (Wildman–Crippen LogP) is 4.83. The summed E-state index contributed by atoms with van der Waals surface area (Å²) in [6.07, 6.45) is 5.26. The summed E-state index contributed by atoms with van der Waals surface area (Å²) in [6.45, 7) is 2.14. The highest BCUT2D eigenvalue weighted by Gasteiger charge is 2.15. The Morgan fingerprint density at radius 2 is 1.70 bits per heavy atom. The van der Waals surface area contributed by atoms with Gasteiger partial charge in [-0.3, -0.25) is 4.98 Å². The molecule has 7 heteroatoms. The first kappa shape index (κ1) is 21.2. The van der Waals surface area contributed by atoms with Gasteiger partial charge in [-0.15, -0.1) is 0 Å². The molecule has 0 unspecified atom stereocenters. The Hall–Kier alpha value is -3.48. The lowest BCUT2D eigenvalue weighted by Gasteiger charge is -2.21. The molecule has 0 saturated heterocycles. The minimum absolute atomic E-state index is 0.0119. The quantitative estimate of drug-likeness (QED) is 0.523. The van der Waals surface area contributed by atoms with Crippen LogP contribution in [0.1, 0.15) is 31.4 Å². The number of methoxy groups -OCH3 is 3. The van der Waals surface area contributed by atoms with Crippen LogP contribution in [0.5, 0.6) is 23.0 Å². The van der Waals surface area contributed by atoms with Crippen LogP contribution in [0.2, 0.25) is 0 Å². The molecule has 0 radical (unpaired) electrons. The Morgan fingerprint density at radius 3 is 2.33 bits per heavy atom. The number of hydrogen-bond donors (Lipinski definition) is 2. The Kier molecular flexibility index (Phi) is 6.95. The number of rotatable bonds is 9. The average molecular weight is 409 g/mol. The van der Waals surface area contributed by atoms with E-state index >= 15 is 0 Å². The molecular weight excluding hydrogens is 382 g/mol. The van der Waals surface area contributed by atoms with Crippen LogP contribution in [-0.2, 0) is 0 Å². The number of nitrogens with one attached hydrogen (secondary N) is 1. The van der Waals surface area contributed by atoms with Crippen molar-refractivity contribution in [3.63, 3.8) is 0 Å². The van der Waals surface area contributed by atoms with Crippen molar-refractivity contribution in [2.24, 2.45) is 0 Å². The van der Waals surface area contributed by atoms with Crippen LogP contribution < -0.4 is 19.5 Å². The molecule has 0 spiro atoms. The van der Waals surface area contributed by atoms with Gasteiger partial charge in [0.15, 0.2) is 11.5 Å². The monoisotopic (exact) mass is 409 g/mol. The normalized spacial score (nSPS) is 11.6. The molecule has 0 saturated carbocycles. The molecule has 0 aliphatic carbocycles. The Balaban J connectivity index is 1.91. The van der Waals surface area contributed by atoms with E-state index in [-0.39, 0.29) is 11.8 Å². The highest BCUT2D eigenvalue weighted by Crippen LogP contribution is 2.33. The summed E-state index contributed by atoms with van der Waals surface area (Å²) in [7, 11) is 4.80. The largest absolute Gasteiger partial charge is 0.504 e. The van der Waals surface area contributed by atoms with Crippen LogP contribution in [-0.4, -0.2) is 36.4 Å². The van der Waals surface area contributed by atoms with Crippen molar-refractivity contribution in [2.75, 3.05) is 26.6 Å².